The van der Waals surface area contributed by atoms with Crippen molar-refractivity contribution in [3.63, 3.8) is 0 Å². The van der Waals surface area contributed by atoms with Crippen molar-refractivity contribution in [3.05, 3.63) is 43.7 Å². The second-order valence-electron chi connectivity index (χ2n) is 3.61. The molecule has 0 aliphatic carbocycles. The number of aryl methyl sites for hydroxylation is 1. The summed E-state index contributed by atoms with van der Waals surface area (Å²) in [5.41, 5.74) is 0.407. The van der Waals surface area contributed by atoms with E-state index >= 15 is 0 Å². The van der Waals surface area contributed by atoms with Gasteiger partial charge in [0, 0.05) is 17.1 Å². The molecule has 0 saturated carbocycles. The molecule has 9 heteroatoms. The lowest BCUT2D eigenvalue weighted by molar-refractivity contribution is -0.385. The summed E-state index contributed by atoms with van der Waals surface area (Å²) in [5.74, 6) is -0.899. The zero-order valence-electron chi connectivity index (χ0n) is 9.59. The van der Waals surface area contributed by atoms with Crippen LogP contribution in [0.1, 0.15) is 11.3 Å². The van der Waals surface area contributed by atoms with E-state index < -0.39 is 10.7 Å². The Bertz CT molecular complexity index is 634. The normalized spacial score (nSPS) is 10.5. The van der Waals surface area contributed by atoms with Crippen molar-refractivity contribution < 1.29 is 14.1 Å². The van der Waals surface area contributed by atoms with Crippen LogP contribution in [-0.4, -0.2) is 14.5 Å². The Morgan fingerprint density at radius 2 is 2.32 bits per heavy atom. The SMILES string of the molecule is Cc1cc(OCc2nnsc2Cl)c(F)cc1[N+](=O)[O-]. The fourth-order valence-electron chi connectivity index (χ4n) is 1.38. The van der Waals surface area contributed by atoms with Crippen molar-refractivity contribution in [3.8, 4) is 5.75 Å². The van der Waals surface area contributed by atoms with Crippen LogP contribution in [0.25, 0.3) is 0 Å². The first-order chi connectivity index (χ1) is 8.99. The van der Waals surface area contributed by atoms with Gasteiger partial charge in [-0.1, -0.05) is 16.1 Å². The van der Waals surface area contributed by atoms with Crippen molar-refractivity contribution in [1.29, 1.82) is 0 Å². The minimum atomic E-state index is -0.809. The Kier molecular flexibility index (Phi) is 3.91. The highest BCUT2D eigenvalue weighted by Gasteiger charge is 2.17. The summed E-state index contributed by atoms with van der Waals surface area (Å²) in [7, 11) is 0. The van der Waals surface area contributed by atoms with Gasteiger partial charge in [-0.15, -0.1) is 5.10 Å². The third kappa shape index (κ3) is 2.96. The molecule has 0 aliphatic heterocycles. The van der Waals surface area contributed by atoms with Crippen LogP contribution in [0.5, 0.6) is 5.75 Å². The number of rotatable bonds is 4. The highest BCUT2D eigenvalue weighted by molar-refractivity contribution is 7.10. The van der Waals surface area contributed by atoms with Gasteiger partial charge in [-0.2, -0.15) is 0 Å². The quantitative estimate of drug-likeness (QED) is 0.640. The lowest BCUT2D eigenvalue weighted by atomic mass is 10.2. The Morgan fingerprint density at radius 3 is 2.89 bits per heavy atom. The smallest absolute Gasteiger partial charge is 0.275 e. The Balaban J connectivity index is 2.20. The molecule has 0 unspecified atom stereocenters. The summed E-state index contributed by atoms with van der Waals surface area (Å²) in [5, 5.41) is 14.3. The number of nitro groups is 1. The first kappa shape index (κ1) is 13.6. The molecule has 0 saturated heterocycles. The van der Waals surface area contributed by atoms with Gasteiger partial charge in [0.15, 0.2) is 11.6 Å². The molecule has 1 aromatic carbocycles. The van der Waals surface area contributed by atoms with E-state index in [1.165, 1.54) is 13.0 Å². The topological polar surface area (TPSA) is 78.2 Å². The van der Waals surface area contributed by atoms with Crippen LogP contribution in [0.3, 0.4) is 0 Å². The molecule has 2 aromatic rings. The average molecular weight is 304 g/mol. The van der Waals surface area contributed by atoms with Gasteiger partial charge in [0.05, 0.1) is 11.0 Å². The lowest BCUT2D eigenvalue weighted by Crippen LogP contribution is -2.01. The molecule has 100 valence electrons. The number of nitrogens with zero attached hydrogens (tertiary/aromatic N) is 3. The summed E-state index contributed by atoms with van der Waals surface area (Å²) in [6.45, 7) is 1.45. The van der Waals surface area contributed by atoms with Gasteiger partial charge in [-0.3, -0.25) is 10.1 Å². The van der Waals surface area contributed by atoms with Crippen LogP contribution in [-0.2, 0) is 6.61 Å². The van der Waals surface area contributed by atoms with Crippen molar-refractivity contribution in [1.82, 2.24) is 9.59 Å². The average Bonchev–Trinajstić information content (AvgIpc) is 2.75. The minimum Gasteiger partial charge on any atom is -0.484 e. The van der Waals surface area contributed by atoms with Gasteiger partial charge in [0.2, 0.25) is 0 Å². The fraction of sp³-hybridized carbons (Fsp3) is 0.200. The maximum atomic E-state index is 13.6. The van der Waals surface area contributed by atoms with Crippen molar-refractivity contribution in [2.45, 2.75) is 13.5 Å². The van der Waals surface area contributed by atoms with Gasteiger partial charge in [0.1, 0.15) is 16.6 Å². The molecule has 0 fully saturated rings. The minimum absolute atomic E-state index is 0.0521. The maximum absolute atomic E-state index is 13.6. The predicted molar refractivity (Wildman–Crippen MR) is 67.0 cm³/mol. The summed E-state index contributed by atoms with van der Waals surface area (Å²) < 4.78 is 22.8. The zero-order chi connectivity index (χ0) is 14.0. The third-order valence-corrected chi connectivity index (χ3v) is 3.31. The van der Waals surface area contributed by atoms with Gasteiger partial charge in [-0.05, 0) is 13.0 Å². The van der Waals surface area contributed by atoms with Gasteiger partial charge in [-0.25, -0.2) is 4.39 Å². The molecule has 6 nitrogen and oxygen atoms in total. The Labute approximate surface area is 116 Å². The third-order valence-electron chi connectivity index (χ3n) is 2.32. The van der Waals surface area contributed by atoms with Gasteiger partial charge in [0.25, 0.3) is 5.69 Å². The highest BCUT2D eigenvalue weighted by atomic mass is 35.5. The Morgan fingerprint density at radius 1 is 1.58 bits per heavy atom. The number of aromatic nitrogens is 2. The second kappa shape index (κ2) is 5.45. The van der Waals surface area contributed by atoms with E-state index in [1.807, 2.05) is 0 Å². The molecule has 0 radical (unpaired) electrons. The molecule has 0 spiro atoms. The summed E-state index contributed by atoms with van der Waals surface area (Å²) in [4.78, 5) is 9.99. The van der Waals surface area contributed by atoms with Gasteiger partial charge < -0.3 is 4.74 Å². The molecule has 0 atom stereocenters. The van der Waals surface area contributed by atoms with E-state index in [1.54, 1.807) is 0 Å². The summed E-state index contributed by atoms with van der Waals surface area (Å²) in [6.07, 6.45) is 0. The highest BCUT2D eigenvalue weighted by Crippen LogP contribution is 2.28. The molecule has 0 amide bonds. The molecular weight excluding hydrogens is 297 g/mol. The van der Waals surface area contributed by atoms with Crippen molar-refractivity contribution in [2.75, 3.05) is 0 Å². The molecule has 0 N–H and O–H groups in total. The Hall–Kier alpha value is -1.80. The fourth-order valence-corrected chi connectivity index (χ4v) is 1.98. The number of ether oxygens (including phenoxy) is 1. The predicted octanol–water partition coefficient (Wildman–Crippen LogP) is 3.13. The molecule has 2 rings (SSSR count). The summed E-state index contributed by atoms with van der Waals surface area (Å²) in [6, 6.07) is 2.09. The molecule has 0 bridgehead atoms. The summed E-state index contributed by atoms with van der Waals surface area (Å²) >= 11 is 6.77. The van der Waals surface area contributed by atoms with E-state index in [2.05, 4.69) is 9.59 Å². The van der Waals surface area contributed by atoms with Gasteiger partial charge >= 0.3 is 0 Å². The van der Waals surface area contributed by atoms with Crippen LogP contribution in [0.2, 0.25) is 4.34 Å². The first-order valence-electron chi connectivity index (χ1n) is 5.03. The lowest BCUT2D eigenvalue weighted by Gasteiger charge is -2.07. The van der Waals surface area contributed by atoms with Crippen LogP contribution in [0, 0.1) is 22.9 Å². The van der Waals surface area contributed by atoms with E-state index in [-0.39, 0.29) is 18.0 Å². The second-order valence-corrected chi connectivity index (χ2v) is 4.96. The van der Waals surface area contributed by atoms with Crippen molar-refractivity contribution >= 4 is 28.8 Å². The maximum Gasteiger partial charge on any atom is 0.275 e. The van der Waals surface area contributed by atoms with Crippen LogP contribution in [0.15, 0.2) is 12.1 Å². The number of hydrogen-bond acceptors (Lipinski definition) is 6. The molecule has 0 aliphatic rings. The number of nitro benzene ring substituents is 1. The van der Waals surface area contributed by atoms with E-state index in [9.17, 15) is 14.5 Å². The molecule has 1 aromatic heterocycles. The zero-order valence-corrected chi connectivity index (χ0v) is 11.2. The molecule has 1 heterocycles. The van der Waals surface area contributed by atoms with Crippen molar-refractivity contribution in [2.24, 2.45) is 0 Å². The standard InChI is InChI=1S/C10H7ClFN3O3S/c1-5-2-9(6(12)3-8(5)15(16)17)18-4-7-10(11)19-14-13-7/h2-3H,4H2,1H3. The van der Waals surface area contributed by atoms with E-state index in [0.29, 0.717) is 15.6 Å². The van der Waals surface area contributed by atoms with Crippen LogP contribution >= 0.6 is 23.1 Å². The van der Waals surface area contributed by atoms with E-state index in [0.717, 1.165) is 17.6 Å². The van der Waals surface area contributed by atoms with Crippen LogP contribution in [0.4, 0.5) is 10.1 Å². The van der Waals surface area contributed by atoms with E-state index in [4.69, 9.17) is 16.3 Å². The molecule has 19 heavy (non-hydrogen) atoms. The number of benzene rings is 1. The first-order valence-corrected chi connectivity index (χ1v) is 6.18. The monoisotopic (exact) mass is 303 g/mol. The largest absolute Gasteiger partial charge is 0.484 e. The number of hydrogen-bond donors (Lipinski definition) is 0. The van der Waals surface area contributed by atoms with Crippen LogP contribution < -0.4 is 4.74 Å². The molecular formula is C10H7ClFN3O3S. The number of halogens is 2.